The largest absolute Gasteiger partial charge is 0.351 e. The van der Waals surface area contributed by atoms with Gasteiger partial charge in [-0.25, -0.2) is 15.0 Å². The second-order valence-electron chi connectivity index (χ2n) is 8.63. The van der Waals surface area contributed by atoms with Gasteiger partial charge in [-0.05, 0) is 68.0 Å². The van der Waals surface area contributed by atoms with E-state index in [1.807, 2.05) is 18.5 Å². The van der Waals surface area contributed by atoms with Crippen LogP contribution in [0.15, 0.2) is 61.1 Å². The highest BCUT2D eigenvalue weighted by Gasteiger charge is 2.21. The van der Waals surface area contributed by atoms with E-state index in [4.69, 9.17) is 4.98 Å². The van der Waals surface area contributed by atoms with Gasteiger partial charge < -0.3 is 10.6 Å². The quantitative estimate of drug-likeness (QED) is 0.449. The molecule has 3 heterocycles. The van der Waals surface area contributed by atoms with Crippen molar-refractivity contribution in [2.24, 2.45) is 0 Å². The van der Waals surface area contributed by atoms with Crippen LogP contribution >= 0.6 is 0 Å². The zero-order valence-electron chi connectivity index (χ0n) is 18.8. The summed E-state index contributed by atoms with van der Waals surface area (Å²) in [5.41, 5.74) is 6.19. The summed E-state index contributed by atoms with van der Waals surface area (Å²) >= 11 is 0. The maximum Gasteiger partial charge on any atom is 0.223 e. The van der Waals surface area contributed by atoms with Crippen molar-refractivity contribution in [3.05, 3.63) is 66.6 Å². The molecular weight excluding hydrogens is 396 g/mol. The minimum absolute atomic E-state index is 0.423. The number of rotatable bonds is 6. The molecule has 1 aliphatic carbocycles. The Balaban J connectivity index is 1.42. The molecule has 0 bridgehead atoms. The predicted octanol–water partition coefficient (Wildman–Crippen LogP) is 5.10. The molecule has 5 rings (SSSR count). The second-order valence-corrected chi connectivity index (χ2v) is 8.63. The fraction of sp³-hybridized carbons (Fsp3) is 0.346. The Bertz CT molecular complexity index is 1190. The van der Waals surface area contributed by atoms with Crippen molar-refractivity contribution >= 4 is 11.6 Å². The molecule has 3 aromatic heterocycles. The van der Waals surface area contributed by atoms with E-state index >= 15 is 0 Å². The van der Waals surface area contributed by atoms with Gasteiger partial charge in [-0.15, -0.1) is 0 Å². The lowest BCUT2D eigenvalue weighted by Gasteiger charge is -2.29. The number of benzene rings is 1. The van der Waals surface area contributed by atoms with Gasteiger partial charge in [0.15, 0.2) is 0 Å². The van der Waals surface area contributed by atoms with Crippen LogP contribution in [0.25, 0.3) is 28.2 Å². The van der Waals surface area contributed by atoms with Crippen LogP contribution in [0.3, 0.4) is 0 Å². The summed E-state index contributed by atoms with van der Waals surface area (Å²) in [6, 6.07) is 15.7. The number of hydrogen-bond donors (Lipinski definition) is 2. The Labute approximate surface area is 189 Å². The molecule has 0 unspecified atom stereocenters. The Morgan fingerprint density at radius 3 is 2.47 bits per heavy atom. The molecule has 2 N–H and O–H groups in total. The smallest absolute Gasteiger partial charge is 0.223 e. The summed E-state index contributed by atoms with van der Waals surface area (Å²) in [4.78, 5) is 14.1. The van der Waals surface area contributed by atoms with Gasteiger partial charge in [-0.3, -0.25) is 4.40 Å². The van der Waals surface area contributed by atoms with E-state index in [1.54, 1.807) is 0 Å². The number of nitrogens with one attached hydrogen (secondary N) is 2. The van der Waals surface area contributed by atoms with Crippen molar-refractivity contribution in [3.63, 3.8) is 0 Å². The lowest BCUT2D eigenvalue weighted by atomic mass is 9.91. The van der Waals surface area contributed by atoms with Gasteiger partial charge in [-0.1, -0.05) is 37.3 Å². The molecule has 32 heavy (non-hydrogen) atoms. The van der Waals surface area contributed by atoms with E-state index in [0.29, 0.717) is 18.0 Å². The number of imidazole rings is 1. The van der Waals surface area contributed by atoms with E-state index in [2.05, 4.69) is 81.4 Å². The fourth-order valence-electron chi connectivity index (χ4n) is 4.64. The third-order valence-electron chi connectivity index (χ3n) is 6.38. The lowest BCUT2D eigenvalue weighted by molar-refractivity contribution is 0.359. The van der Waals surface area contributed by atoms with Gasteiger partial charge >= 0.3 is 0 Å². The van der Waals surface area contributed by atoms with E-state index in [-0.39, 0.29) is 0 Å². The molecule has 6 heteroatoms. The first-order valence-electron chi connectivity index (χ1n) is 11.6. The van der Waals surface area contributed by atoms with Gasteiger partial charge in [0.2, 0.25) is 5.95 Å². The highest BCUT2D eigenvalue weighted by Crippen LogP contribution is 2.27. The van der Waals surface area contributed by atoms with Crippen molar-refractivity contribution < 1.29 is 0 Å². The van der Waals surface area contributed by atoms with E-state index in [0.717, 1.165) is 47.5 Å². The summed E-state index contributed by atoms with van der Waals surface area (Å²) in [7, 11) is 0. The molecule has 0 amide bonds. The molecule has 0 saturated heterocycles. The van der Waals surface area contributed by atoms with Crippen LogP contribution in [0.1, 0.15) is 38.2 Å². The second kappa shape index (κ2) is 9.09. The van der Waals surface area contributed by atoms with Crippen molar-refractivity contribution in [1.29, 1.82) is 0 Å². The molecular formula is C26H30N6. The molecule has 164 valence electrons. The summed E-state index contributed by atoms with van der Waals surface area (Å²) in [5.74, 6) is 0.701. The summed E-state index contributed by atoms with van der Waals surface area (Å²) in [6.45, 7) is 5.27. The Kier molecular flexibility index (Phi) is 5.86. The average molecular weight is 427 g/mol. The number of fused-ring (bicyclic) bond motifs is 1. The predicted molar refractivity (Wildman–Crippen MR) is 130 cm³/mol. The molecule has 0 spiro atoms. The number of anilines is 1. The number of aryl methyl sites for hydroxylation is 1. The Morgan fingerprint density at radius 2 is 1.69 bits per heavy atom. The summed E-state index contributed by atoms with van der Waals surface area (Å²) < 4.78 is 2.13. The Morgan fingerprint density at radius 1 is 0.906 bits per heavy atom. The van der Waals surface area contributed by atoms with Crippen LogP contribution in [0.2, 0.25) is 0 Å². The zero-order valence-corrected chi connectivity index (χ0v) is 18.8. The third-order valence-corrected chi connectivity index (χ3v) is 6.38. The molecule has 1 saturated carbocycles. The maximum atomic E-state index is 4.92. The molecule has 1 aliphatic rings. The summed E-state index contributed by atoms with van der Waals surface area (Å²) in [6.07, 6.45) is 10.6. The molecule has 4 aromatic rings. The monoisotopic (exact) mass is 426 g/mol. The van der Waals surface area contributed by atoms with Gasteiger partial charge in [-0.2, -0.15) is 0 Å². The van der Waals surface area contributed by atoms with Crippen molar-refractivity contribution in [2.45, 2.75) is 51.6 Å². The van der Waals surface area contributed by atoms with E-state index < -0.39 is 0 Å². The third kappa shape index (κ3) is 4.23. The van der Waals surface area contributed by atoms with Gasteiger partial charge in [0.05, 0.1) is 17.6 Å². The van der Waals surface area contributed by atoms with Gasteiger partial charge in [0.1, 0.15) is 5.65 Å². The normalized spacial score (nSPS) is 18.7. The number of pyridine rings is 1. The maximum absolute atomic E-state index is 4.92. The van der Waals surface area contributed by atoms with Crippen LogP contribution in [-0.4, -0.2) is 38.0 Å². The van der Waals surface area contributed by atoms with E-state index in [1.165, 1.54) is 18.4 Å². The Hall–Kier alpha value is -3.25. The molecule has 1 fully saturated rings. The molecule has 0 atom stereocenters. The van der Waals surface area contributed by atoms with Crippen LogP contribution < -0.4 is 10.6 Å². The first-order chi connectivity index (χ1) is 15.7. The van der Waals surface area contributed by atoms with E-state index in [9.17, 15) is 0 Å². The number of nitrogens with zero attached hydrogens (tertiary/aromatic N) is 4. The van der Waals surface area contributed by atoms with Gasteiger partial charge in [0.25, 0.3) is 0 Å². The molecule has 0 radical (unpaired) electrons. The lowest BCUT2D eigenvalue weighted by Crippen LogP contribution is -2.37. The van der Waals surface area contributed by atoms with Crippen molar-refractivity contribution in [3.8, 4) is 22.5 Å². The van der Waals surface area contributed by atoms with Crippen molar-refractivity contribution in [2.75, 3.05) is 11.9 Å². The number of aromatic nitrogens is 4. The highest BCUT2D eigenvalue weighted by atomic mass is 15.1. The first-order valence-corrected chi connectivity index (χ1v) is 11.6. The van der Waals surface area contributed by atoms with Crippen LogP contribution in [0, 0.1) is 6.92 Å². The number of hydrogen-bond acceptors (Lipinski definition) is 5. The molecule has 0 aliphatic heterocycles. The topological polar surface area (TPSA) is 67.1 Å². The van der Waals surface area contributed by atoms with Gasteiger partial charge in [0, 0.05) is 24.5 Å². The van der Waals surface area contributed by atoms with Crippen molar-refractivity contribution in [1.82, 2.24) is 24.7 Å². The first kappa shape index (κ1) is 20.6. The highest BCUT2D eigenvalue weighted by molar-refractivity contribution is 5.69. The minimum atomic E-state index is 0.423. The molecule has 6 nitrogen and oxygen atoms in total. The average Bonchev–Trinajstić information content (AvgIpc) is 3.25. The minimum Gasteiger partial charge on any atom is -0.351 e. The fourth-order valence-corrected chi connectivity index (χ4v) is 4.64. The molecule has 1 aromatic carbocycles. The SMILES string of the molecule is CCN[C@H]1CC[C@@H](Nc2ncc(C)c(-c3cnc4ccc(-c5ccccc5)cn34)n2)CC1. The summed E-state index contributed by atoms with van der Waals surface area (Å²) in [5, 5.41) is 7.15. The van der Waals surface area contributed by atoms with Crippen LogP contribution in [0.5, 0.6) is 0 Å². The van der Waals surface area contributed by atoms with Crippen LogP contribution in [0.4, 0.5) is 5.95 Å². The zero-order chi connectivity index (χ0) is 21.9. The van der Waals surface area contributed by atoms with Crippen LogP contribution in [-0.2, 0) is 0 Å². The standard InChI is InChI=1S/C26H30N6/c1-3-27-21-10-12-22(13-11-21)30-26-29-15-18(2)25(31-26)23-16-28-24-14-9-20(17-32(23)24)19-7-5-4-6-8-19/h4-9,14-17,21-22,27H,3,10-13H2,1-2H3,(H,29,30,31)/t21-,22+.